The standard InChI is InChI=1S/C27H36OSi/c1-27-14-6-9-25(27)23-12-10-19-15-20(28)11-13-22(19)26(23)24(17-27)18-7-5-8-21(16-18)29(2,3)4/h5,7-8,15-16,23-25H,6,9-14,17H2,1-4H3/t23-,24+,25-,27-/m0/s1. The molecule has 4 aliphatic rings. The molecule has 5 rings (SSSR count). The fourth-order valence-corrected chi connectivity index (χ4v) is 8.38. The number of fused-ring (bicyclic) bond motifs is 4. The third kappa shape index (κ3) is 3.23. The van der Waals surface area contributed by atoms with Crippen molar-refractivity contribution in [3.63, 3.8) is 0 Å². The zero-order valence-corrected chi connectivity index (χ0v) is 19.7. The van der Waals surface area contributed by atoms with Gasteiger partial charge in [-0.2, -0.15) is 0 Å². The zero-order valence-electron chi connectivity index (χ0n) is 18.7. The first-order chi connectivity index (χ1) is 13.8. The quantitative estimate of drug-likeness (QED) is 0.513. The lowest BCUT2D eigenvalue weighted by Crippen LogP contribution is -2.41. The highest BCUT2D eigenvalue weighted by Gasteiger charge is 2.52. The molecule has 0 heterocycles. The van der Waals surface area contributed by atoms with Crippen molar-refractivity contribution in [2.24, 2.45) is 17.3 Å². The molecule has 2 saturated carbocycles. The summed E-state index contributed by atoms with van der Waals surface area (Å²) in [4.78, 5) is 12.1. The van der Waals surface area contributed by atoms with Gasteiger partial charge in [0.25, 0.3) is 0 Å². The predicted molar refractivity (Wildman–Crippen MR) is 124 cm³/mol. The molecule has 1 nitrogen and oxygen atoms in total. The number of ketones is 1. The lowest BCUT2D eigenvalue weighted by atomic mass is 9.53. The van der Waals surface area contributed by atoms with Crippen molar-refractivity contribution in [2.45, 2.75) is 83.8 Å². The van der Waals surface area contributed by atoms with Gasteiger partial charge in [-0.25, -0.2) is 0 Å². The van der Waals surface area contributed by atoms with Crippen LogP contribution in [-0.4, -0.2) is 13.9 Å². The van der Waals surface area contributed by atoms with Crippen LogP contribution in [0.2, 0.25) is 19.6 Å². The normalized spacial score (nSPS) is 34.4. The molecule has 0 radical (unpaired) electrons. The largest absolute Gasteiger partial charge is 0.295 e. The van der Waals surface area contributed by atoms with Crippen LogP contribution < -0.4 is 5.19 Å². The Morgan fingerprint density at radius 3 is 2.69 bits per heavy atom. The van der Waals surface area contributed by atoms with E-state index >= 15 is 0 Å². The van der Waals surface area contributed by atoms with Gasteiger partial charge in [-0.3, -0.25) is 4.79 Å². The summed E-state index contributed by atoms with van der Waals surface area (Å²) in [5.74, 6) is 2.52. The van der Waals surface area contributed by atoms with Crippen molar-refractivity contribution in [3.8, 4) is 0 Å². The average Bonchev–Trinajstić information content (AvgIpc) is 3.08. The van der Waals surface area contributed by atoms with Crippen LogP contribution in [0, 0.1) is 17.3 Å². The van der Waals surface area contributed by atoms with Crippen LogP contribution in [0.25, 0.3) is 0 Å². The molecule has 2 fully saturated rings. The van der Waals surface area contributed by atoms with Crippen LogP contribution in [0.3, 0.4) is 0 Å². The molecule has 0 unspecified atom stereocenters. The minimum atomic E-state index is -1.33. The summed E-state index contributed by atoms with van der Waals surface area (Å²) in [5.41, 5.74) is 6.80. The van der Waals surface area contributed by atoms with Crippen molar-refractivity contribution in [1.29, 1.82) is 0 Å². The van der Waals surface area contributed by atoms with E-state index in [9.17, 15) is 4.79 Å². The van der Waals surface area contributed by atoms with Crippen LogP contribution in [0.4, 0.5) is 0 Å². The molecule has 154 valence electrons. The van der Waals surface area contributed by atoms with E-state index in [1.165, 1.54) is 37.7 Å². The van der Waals surface area contributed by atoms with Crippen LogP contribution in [0.15, 0.2) is 47.1 Å². The molecule has 0 spiro atoms. The van der Waals surface area contributed by atoms with Crippen molar-refractivity contribution >= 4 is 19.0 Å². The van der Waals surface area contributed by atoms with Gasteiger partial charge in [0.15, 0.2) is 5.78 Å². The van der Waals surface area contributed by atoms with Gasteiger partial charge in [-0.1, -0.05) is 68.0 Å². The lowest BCUT2D eigenvalue weighted by Gasteiger charge is -2.51. The van der Waals surface area contributed by atoms with Crippen molar-refractivity contribution in [3.05, 3.63) is 52.6 Å². The second kappa shape index (κ2) is 6.80. The number of benzene rings is 1. The summed E-state index contributed by atoms with van der Waals surface area (Å²) >= 11 is 0. The monoisotopic (exact) mass is 404 g/mol. The number of allylic oxidation sites excluding steroid dienone is 4. The van der Waals surface area contributed by atoms with E-state index in [0.29, 0.717) is 17.1 Å². The van der Waals surface area contributed by atoms with E-state index in [-0.39, 0.29) is 0 Å². The van der Waals surface area contributed by atoms with Gasteiger partial charge < -0.3 is 0 Å². The minimum Gasteiger partial charge on any atom is -0.295 e. The van der Waals surface area contributed by atoms with Crippen molar-refractivity contribution in [2.75, 3.05) is 0 Å². The maximum Gasteiger partial charge on any atom is 0.156 e. The van der Waals surface area contributed by atoms with E-state index < -0.39 is 8.07 Å². The Hall–Kier alpha value is -1.41. The van der Waals surface area contributed by atoms with Crippen molar-refractivity contribution in [1.82, 2.24) is 0 Å². The highest BCUT2D eigenvalue weighted by molar-refractivity contribution is 6.88. The van der Waals surface area contributed by atoms with Crippen molar-refractivity contribution < 1.29 is 4.79 Å². The minimum absolute atomic E-state index is 0.349. The number of hydrogen-bond donors (Lipinski definition) is 0. The van der Waals surface area contributed by atoms with Gasteiger partial charge in [0.05, 0.1) is 8.07 Å². The SMILES string of the molecule is C[C@@]12CCC[C@H]1[C@@H]1CCC3=CC(=O)CCC3=C1[C@@H](c1cccc([Si](C)(C)C)c1)C2. The molecule has 0 N–H and O–H groups in total. The third-order valence-electron chi connectivity index (χ3n) is 8.66. The molecular formula is C27H36OSi. The van der Waals surface area contributed by atoms with E-state index in [1.54, 1.807) is 21.9 Å². The first kappa shape index (κ1) is 19.5. The number of hydrogen-bond acceptors (Lipinski definition) is 1. The van der Waals surface area contributed by atoms with E-state index in [4.69, 9.17) is 0 Å². The summed E-state index contributed by atoms with van der Waals surface area (Å²) in [6.45, 7) is 9.97. The predicted octanol–water partition coefficient (Wildman–Crippen LogP) is 6.52. The van der Waals surface area contributed by atoms with E-state index in [0.717, 1.165) is 31.1 Å². The van der Waals surface area contributed by atoms with Crippen LogP contribution in [0.5, 0.6) is 0 Å². The molecule has 0 aliphatic heterocycles. The molecule has 4 aliphatic carbocycles. The molecule has 0 aromatic heterocycles. The number of rotatable bonds is 2. The third-order valence-corrected chi connectivity index (χ3v) is 10.7. The summed E-state index contributed by atoms with van der Waals surface area (Å²) in [7, 11) is -1.33. The molecule has 4 atom stereocenters. The Labute approximate surface area is 177 Å². The molecule has 29 heavy (non-hydrogen) atoms. The van der Waals surface area contributed by atoms with E-state index in [1.807, 2.05) is 6.08 Å². The summed E-state index contributed by atoms with van der Waals surface area (Å²) in [6, 6.07) is 9.64. The van der Waals surface area contributed by atoms with Gasteiger partial charge in [-0.05, 0) is 78.6 Å². The maximum atomic E-state index is 12.1. The molecule has 1 aromatic carbocycles. The van der Waals surface area contributed by atoms with Crippen LogP contribution in [-0.2, 0) is 4.79 Å². The first-order valence-electron chi connectivity index (χ1n) is 11.8. The second-order valence-corrected chi connectivity index (χ2v) is 16.6. The summed E-state index contributed by atoms with van der Waals surface area (Å²) < 4.78 is 0. The van der Waals surface area contributed by atoms with Gasteiger partial charge >= 0.3 is 0 Å². The second-order valence-electron chi connectivity index (χ2n) is 11.5. The molecule has 0 bridgehead atoms. The fraction of sp³-hybridized carbons (Fsp3) is 0.593. The van der Waals surface area contributed by atoms with Crippen LogP contribution in [0.1, 0.15) is 69.8 Å². The van der Waals surface area contributed by atoms with Crippen LogP contribution >= 0.6 is 0 Å². The first-order valence-corrected chi connectivity index (χ1v) is 15.3. The summed E-state index contributed by atoms with van der Waals surface area (Å²) in [6.07, 6.45) is 11.6. The topological polar surface area (TPSA) is 17.1 Å². The Morgan fingerprint density at radius 2 is 1.90 bits per heavy atom. The Bertz CT molecular complexity index is 915. The fourth-order valence-electron chi connectivity index (χ4n) is 7.19. The number of carbonyl (C=O) groups excluding carboxylic acids is 1. The Balaban J connectivity index is 1.67. The molecule has 0 saturated heterocycles. The molecule has 1 aromatic rings. The van der Waals surface area contributed by atoms with Gasteiger partial charge in [0.1, 0.15) is 0 Å². The Kier molecular flexibility index (Phi) is 4.58. The summed E-state index contributed by atoms with van der Waals surface area (Å²) in [5, 5.41) is 1.58. The highest BCUT2D eigenvalue weighted by atomic mass is 28.3. The van der Waals surface area contributed by atoms with E-state index in [2.05, 4.69) is 50.8 Å². The zero-order chi connectivity index (χ0) is 20.4. The maximum absolute atomic E-state index is 12.1. The molecular weight excluding hydrogens is 368 g/mol. The van der Waals surface area contributed by atoms with Gasteiger partial charge in [-0.15, -0.1) is 0 Å². The smallest absolute Gasteiger partial charge is 0.156 e. The molecule has 2 heteroatoms. The Morgan fingerprint density at radius 1 is 1.07 bits per heavy atom. The van der Waals surface area contributed by atoms with Gasteiger partial charge in [0, 0.05) is 12.3 Å². The average molecular weight is 405 g/mol. The number of carbonyl (C=O) groups is 1. The molecule has 0 amide bonds. The lowest BCUT2D eigenvalue weighted by molar-refractivity contribution is -0.114. The van der Waals surface area contributed by atoms with Gasteiger partial charge in [0.2, 0.25) is 0 Å². The highest BCUT2D eigenvalue weighted by Crippen LogP contribution is 2.63.